The summed E-state index contributed by atoms with van der Waals surface area (Å²) < 4.78 is 0. The Labute approximate surface area is 136 Å². The molecule has 0 unspecified atom stereocenters. The molecule has 1 saturated heterocycles. The van der Waals surface area contributed by atoms with Gasteiger partial charge in [-0.05, 0) is 67.9 Å². The number of nitrogen functional groups attached to an aromatic ring is 1. The Morgan fingerprint density at radius 2 is 1.78 bits per heavy atom. The van der Waals surface area contributed by atoms with E-state index in [4.69, 9.17) is 10.7 Å². The quantitative estimate of drug-likeness (QED) is 0.724. The minimum Gasteiger partial charge on any atom is -0.399 e. The van der Waals surface area contributed by atoms with E-state index in [1.54, 1.807) is 0 Å². The third-order valence-electron chi connectivity index (χ3n) is 4.59. The molecule has 4 rings (SSSR count). The van der Waals surface area contributed by atoms with Crippen LogP contribution in [0.5, 0.6) is 0 Å². The number of benzene rings is 2. The maximum Gasteiger partial charge on any atom is 0.138 e. The van der Waals surface area contributed by atoms with Gasteiger partial charge in [-0.2, -0.15) is 0 Å². The lowest BCUT2D eigenvalue weighted by atomic mass is 10.1. The monoisotopic (exact) mass is 306 g/mol. The predicted octanol–water partition coefficient (Wildman–Crippen LogP) is 3.80. The molecule has 23 heavy (non-hydrogen) atoms. The average molecular weight is 306 g/mol. The first-order valence-corrected chi connectivity index (χ1v) is 8.35. The molecule has 2 heterocycles. The maximum atomic E-state index is 5.75. The molecule has 0 atom stereocenters. The van der Waals surface area contributed by atoms with Crippen LogP contribution in [-0.2, 0) is 6.54 Å². The van der Waals surface area contributed by atoms with Crippen molar-refractivity contribution in [2.45, 2.75) is 25.8 Å². The molecule has 1 aliphatic heterocycles. The van der Waals surface area contributed by atoms with Crippen LogP contribution in [0.3, 0.4) is 0 Å². The third kappa shape index (κ3) is 3.08. The van der Waals surface area contributed by atoms with Gasteiger partial charge in [-0.25, -0.2) is 4.98 Å². The highest BCUT2D eigenvalue weighted by molar-refractivity contribution is 5.80. The van der Waals surface area contributed by atoms with Crippen molar-refractivity contribution in [3.05, 3.63) is 48.0 Å². The molecule has 1 aromatic heterocycles. The number of aromatic amines is 1. The zero-order chi connectivity index (χ0) is 15.6. The molecule has 0 bridgehead atoms. The van der Waals surface area contributed by atoms with E-state index in [9.17, 15) is 0 Å². The minimum absolute atomic E-state index is 0.772. The van der Waals surface area contributed by atoms with Crippen LogP contribution in [0.2, 0.25) is 0 Å². The van der Waals surface area contributed by atoms with Crippen molar-refractivity contribution in [3.63, 3.8) is 0 Å². The third-order valence-corrected chi connectivity index (χ3v) is 4.59. The Morgan fingerprint density at radius 1 is 1.00 bits per heavy atom. The van der Waals surface area contributed by atoms with Gasteiger partial charge in [0, 0.05) is 17.8 Å². The van der Waals surface area contributed by atoms with Crippen molar-refractivity contribution >= 4 is 16.7 Å². The number of hydrogen-bond donors (Lipinski definition) is 2. The molecular formula is C19H22N4. The first-order valence-electron chi connectivity index (χ1n) is 8.35. The van der Waals surface area contributed by atoms with Gasteiger partial charge >= 0.3 is 0 Å². The normalized spacial score (nSPS) is 16.0. The van der Waals surface area contributed by atoms with Gasteiger partial charge in [0.2, 0.25) is 0 Å². The highest BCUT2D eigenvalue weighted by atomic mass is 15.1. The zero-order valence-electron chi connectivity index (χ0n) is 13.3. The van der Waals surface area contributed by atoms with E-state index >= 15 is 0 Å². The van der Waals surface area contributed by atoms with Gasteiger partial charge in [0.1, 0.15) is 5.82 Å². The summed E-state index contributed by atoms with van der Waals surface area (Å²) in [6.07, 6.45) is 4.03. The van der Waals surface area contributed by atoms with E-state index in [1.807, 2.05) is 24.3 Å². The molecule has 3 aromatic rings. The molecule has 1 aliphatic rings. The number of H-pyrrole nitrogens is 1. The van der Waals surface area contributed by atoms with Crippen LogP contribution in [-0.4, -0.2) is 28.0 Å². The predicted molar refractivity (Wildman–Crippen MR) is 95.1 cm³/mol. The van der Waals surface area contributed by atoms with Gasteiger partial charge in [-0.3, -0.25) is 4.90 Å². The Bertz CT molecular complexity index is 798. The molecule has 4 nitrogen and oxygen atoms in total. The Morgan fingerprint density at radius 3 is 2.57 bits per heavy atom. The Hall–Kier alpha value is -2.33. The van der Waals surface area contributed by atoms with Gasteiger partial charge in [0.25, 0.3) is 0 Å². The number of fused-ring (bicyclic) bond motifs is 1. The first-order chi connectivity index (χ1) is 11.3. The summed E-state index contributed by atoms with van der Waals surface area (Å²) in [7, 11) is 0. The molecule has 4 heteroatoms. The van der Waals surface area contributed by atoms with Gasteiger partial charge in [-0.1, -0.05) is 12.5 Å². The number of aromatic nitrogens is 2. The van der Waals surface area contributed by atoms with Crippen molar-refractivity contribution in [3.8, 4) is 11.4 Å². The lowest BCUT2D eigenvalue weighted by molar-refractivity contribution is 0.221. The van der Waals surface area contributed by atoms with Crippen molar-refractivity contribution in [1.29, 1.82) is 0 Å². The fraction of sp³-hybridized carbons (Fsp3) is 0.316. The van der Waals surface area contributed by atoms with Gasteiger partial charge in [-0.15, -0.1) is 0 Å². The van der Waals surface area contributed by atoms with Crippen LogP contribution in [0.1, 0.15) is 24.8 Å². The van der Waals surface area contributed by atoms with E-state index in [0.717, 1.165) is 34.7 Å². The molecule has 0 amide bonds. The number of nitrogens with two attached hydrogens (primary N) is 1. The van der Waals surface area contributed by atoms with Crippen LogP contribution in [0.15, 0.2) is 42.5 Å². The zero-order valence-corrected chi connectivity index (χ0v) is 13.3. The standard InChI is InChI=1S/C19H22N4/c20-16-7-5-15(6-8-16)19-21-17-9-4-14(12-18(17)22-19)13-23-10-2-1-3-11-23/h4-9,12H,1-3,10-11,13,20H2,(H,21,22). The Kier molecular flexibility index (Phi) is 3.75. The number of likely N-dealkylation sites (tertiary alicyclic amines) is 1. The summed E-state index contributed by atoms with van der Waals surface area (Å²) in [6, 6.07) is 14.4. The highest BCUT2D eigenvalue weighted by Gasteiger charge is 2.11. The second-order valence-corrected chi connectivity index (χ2v) is 6.40. The summed E-state index contributed by atoms with van der Waals surface area (Å²) in [5.74, 6) is 0.898. The van der Waals surface area contributed by atoms with Crippen molar-refractivity contribution in [2.24, 2.45) is 0 Å². The van der Waals surface area contributed by atoms with Crippen molar-refractivity contribution in [1.82, 2.24) is 14.9 Å². The fourth-order valence-corrected chi connectivity index (χ4v) is 3.31. The molecule has 3 N–H and O–H groups in total. The molecular weight excluding hydrogens is 284 g/mol. The van der Waals surface area contributed by atoms with E-state index < -0.39 is 0 Å². The summed E-state index contributed by atoms with van der Waals surface area (Å²) in [5.41, 5.74) is 11.1. The second-order valence-electron chi connectivity index (χ2n) is 6.40. The topological polar surface area (TPSA) is 57.9 Å². The number of piperidine rings is 1. The first kappa shape index (κ1) is 14.3. The van der Waals surface area contributed by atoms with Crippen LogP contribution in [0.25, 0.3) is 22.4 Å². The van der Waals surface area contributed by atoms with E-state index in [-0.39, 0.29) is 0 Å². The van der Waals surface area contributed by atoms with Crippen LogP contribution < -0.4 is 5.73 Å². The average Bonchev–Trinajstić information content (AvgIpc) is 3.00. The Balaban J connectivity index is 1.60. The molecule has 2 aromatic carbocycles. The maximum absolute atomic E-state index is 5.75. The van der Waals surface area contributed by atoms with Gasteiger partial charge in [0.15, 0.2) is 0 Å². The molecule has 0 spiro atoms. The lowest BCUT2D eigenvalue weighted by Gasteiger charge is -2.26. The van der Waals surface area contributed by atoms with Crippen molar-refractivity contribution < 1.29 is 0 Å². The number of nitrogens with one attached hydrogen (secondary N) is 1. The lowest BCUT2D eigenvalue weighted by Crippen LogP contribution is -2.29. The largest absolute Gasteiger partial charge is 0.399 e. The number of anilines is 1. The summed E-state index contributed by atoms with van der Waals surface area (Å²) in [4.78, 5) is 10.7. The van der Waals surface area contributed by atoms with E-state index in [0.29, 0.717) is 0 Å². The summed E-state index contributed by atoms with van der Waals surface area (Å²) >= 11 is 0. The molecule has 1 fully saturated rings. The van der Waals surface area contributed by atoms with Gasteiger partial charge < -0.3 is 10.7 Å². The summed E-state index contributed by atoms with van der Waals surface area (Å²) in [5, 5.41) is 0. The van der Waals surface area contributed by atoms with E-state index in [1.165, 1.54) is 37.9 Å². The van der Waals surface area contributed by atoms with Crippen molar-refractivity contribution in [2.75, 3.05) is 18.8 Å². The molecule has 0 aliphatic carbocycles. The highest BCUT2D eigenvalue weighted by Crippen LogP contribution is 2.23. The number of nitrogens with zero attached hydrogens (tertiary/aromatic N) is 2. The second kappa shape index (κ2) is 6.05. The fourth-order valence-electron chi connectivity index (χ4n) is 3.31. The van der Waals surface area contributed by atoms with Crippen LogP contribution in [0, 0.1) is 0 Å². The van der Waals surface area contributed by atoms with Crippen LogP contribution in [0.4, 0.5) is 5.69 Å². The minimum atomic E-state index is 0.772. The molecule has 118 valence electrons. The summed E-state index contributed by atoms with van der Waals surface area (Å²) in [6.45, 7) is 3.47. The molecule has 0 saturated carbocycles. The number of imidazole rings is 1. The van der Waals surface area contributed by atoms with Gasteiger partial charge in [0.05, 0.1) is 11.0 Å². The SMILES string of the molecule is Nc1ccc(-c2nc3ccc(CN4CCCCC4)cc3[nH]2)cc1. The number of hydrogen-bond acceptors (Lipinski definition) is 3. The van der Waals surface area contributed by atoms with Crippen LogP contribution >= 0.6 is 0 Å². The molecule has 0 radical (unpaired) electrons. The number of rotatable bonds is 3. The smallest absolute Gasteiger partial charge is 0.138 e. The van der Waals surface area contributed by atoms with E-state index in [2.05, 4.69) is 28.1 Å².